The van der Waals surface area contributed by atoms with E-state index in [1.807, 2.05) is 13.1 Å². The second kappa shape index (κ2) is 9.53. The quantitative estimate of drug-likeness (QED) is 0.489. The molecule has 7 heteroatoms. The Morgan fingerprint density at radius 1 is 1.21 bits per heavy atom. The molecule has 28 heavy (non-hydrogen) atoms. The molecular weight excluding hydrogens is 394 g/mol. The van der Waals surface area contributed by atoms with Crippen molar-refractivity contribution in [2.75, 3.05) is 13.6 Å². The Bertz CT molecular complexity index is 904. The minimum absolute atomic E-state index is 0.173. The summed E-state index contributed by atoms with van der Waals surface area (Å²) in [7, 11) is -1.79. The molecule has 1 fully saturated rings. The summed E-state index contributed by atoms with van der Waals surface area (Å²) in [5.74, 6) is 0.339. The van der Waals surface area contributed by atoms with Gasteiger partial charge in [0.05, 0.1) is 11.1 Å². The van der Waals surface area contributed by atoms with Gasteiger partial charge in [0, 0.05) is 23.5 Å². The Labute approximate surface area is 173 Å². The maximum atomic E-state index is 13.6. The van der Waals surface area contributed by atoms with E-state index in [1.165, 1.54) is 19.3 Å². The average molecular weight is 424 g/mol. The molecule has 2 atom stereocenters. The lowest BCUT2D eigenvalue weighted by Crippen LogP contribution is -2.54. The third-order valence-electron chi connectivity index (χ3n) is 5.74. The lowest BCUT2D eigenvalue weighted by atomic mass is 9.90. The molecule has 1 aromatic carbocycles. The first-order valence-electron chi connectivity index (χ1n) is 10.2. The minimum atomic E-state index is -3.65. The second-order valence-electron chi connectivity index (χ2n) is 7.55. The summed E-state index contributed by atoms with van der Waals surface area (Å²) in [5.41, 5.74) is 0. The number of aromatic nitrogens is 1. The first-order chi connectivity index (χ1) is 13.5. The van der Waals surface area contributed by atoms with Gasteiger partial charge in [-0.15, -0.1) is 0 Å². The molecule has 0 aliphatic carbocycles. The van der Waals surface area contributed by atoms with E-state index in [1.54, 1.807) is 28.7 Å². The number of pyridine rings is 1. The van der Waals surface area contributed by atoms with Crippen LogP contribution in [-0.2, 0) is 10.0 Å². The van der Waals surface area contributed by atoms with Crippen LogP contribution in [-0.4, -0.2) is 37.5 Å². The van der Waals surface area contributed by atoms with Crippen LogP contribution in [0.1, 0.15) is 51.9 Å². The molecule has 3 rings (SSSR count). The number of unbranched alkanes of at least 4 members (excludes halogenated alkanes) is 3. The lowest BCUT2D eigenvalue weighted by molar-refractivity contribution is 0.141. The second-order valence-corrected chi connectivity index (χ2v) is 9.77. The molecule has 1 aliphatic heterocycles. The number of hydrogen-bond acceptors (Lipinski definition) is 4. The molecule has 0 spiro atoms. The van der Waals surface area contributed by atoms with Crippen LogP contribution in [0.4, 0.5) is 0 Å². The fourth-order valence-electron chi connectivity index (χ4n) is 4.32. The van der Waals surface area contributed by atoms with E-state index in [2.05, 4.69) is 17.2 Å². The van der Waals surface area contributed by atoms with E-state index < -0.39 is 10.0 Å². The number of sulfonamides is 1. The molecule has 1 aromatic heterocycles. The van der Waals surface area contributed by atoms with Gasteiger partial charge in [0.2, 0.25) is 10.0 Å². The largest absolute Gasteiger partial charge is 0.304 e. The topological polar surface area (TPSA) is 62.3 Å². The van der Waals surface area contributed by atoms with Crippen molar-refractivity contribution in [3.8, 4) is 0 Å². The van der Waals surface area contributed by atoms with Crippen molar-refractivity contribution < 1.29 is 8.42 Å². The Morgan fingerprint density at radius 2 is 2.04 bits per heavy atom. The average Bonchev–Trinajstić information content (AvgIpc) is 2.71. The van der Waals surface area contributed by atoms with Crippen molar-refractivity contribution in [1.82, 2.24) is 14.6 Å². The summed E-state index contributed by atoms with van der Waals surface area (Å²) < 4.78 is 28.9. The van der Waals surface area contributed by atoms with Crippen molar-refractivity contribution in [2.24, 2.45) is 5.92 Å². The van der Waals surface area contributed by atoms with Gasteiger partial charge in [-0.2, -0.15) is 4.31 Å². The van der Waals surface area contributed by atoms with E-state index >= 15 is 0 Å². The molecular formula is C21H30ClN3O2S. The summed E-state index contributed by atoms with van der Waals surface area (Å²) in [6.07, 6.45) is 9.22. The van der Waals surface area contributed by atoms with Gasteiger partial charge in [0.15, 0.2) is 0 Å². The highest BCUT2D eigenvalue weighted by Gasteiger charge is 2.38. The molecule has 0 amide bonds. The van der Waals surface area contributed by atoms with Crippen molar-refractivity contribution in [2.45, 2.75) is 62.9 Å². The summed E-state index contributed by atoms with van der Waals surface area (Å²) in [5, 5.41) is 4.91. The number of rotatable bonds is 8. The van der Waals surface area contributed by atoms with E-state index in [0.717, 1.165) is 25.7 Å². The van der Waals surface area contributed by atoms with Crippen molar-refractivity contribution in [1.29, 1.82) is 0 Å². The molecule has 2 unspecified atom stereocenters. The van der Waals surface area contributed by atoms with Crippen LogP contribution in [0.25, 0.3) is 10.8 Å². The standard InChI is InChI=1S/C21H30ClN3O2S/c1-3-4-5-6-9-16-10-8-15-25(21(16)23-2)28(26,27)19-12-7-11-18-17(19)13-14-24-20(18)22/h7,11-14,16,21,23H,3-6,8-10,15H2,1-2H3. The van der Waals surface area contributed by atoms with Crippen LogP contribution in [0, 0.1) is 5.92 Å². The highest BCUT2D eigenvalue weighted by Crippen LogP contribution is 2.34. The summed E-state index contributed by atoms with van der Waals surface area (Å²) in [6.45, 7) is 2.74. The van der Waals surface area contributed by atoms with Gasteiger partial charge in [0.25, 0.3) is 0 Å². The number of fused-ring (bicyclic) bond motifs is 1. The molecule has 1 aliphatic rings. The molecule has 0 radical (unpaired) electrons. The van der Waals surface area contributed by atoms with Crippen LogP contribution >= 0.6 is 11.6 Å². The summed E-state index contributed by atoms with van der Waals surface area (Å²) in [4.78, 5) is 4.39. The predicted molar refractivity (Wildman–Crippen MR) is 115 cm³/mol. The van der Waals surface area contributed by atoms with Gasteiger partial charge in [-0.25, -0.2) is 13.4 Å². The van der Waals surface area contributed by atoms with E-state index in [0.29, 0.717) is 33.3 Å². The monoisotopic (exact) mass is 423 g/mol. The fourth-order valence-corrected chi connectivity index (χ4v) is 6.45. The molecule has 2 heterocycles. The maximum Gasteiger partial charge on any atom is 0.245 e. The zero-order valence-electron chi connectivity index (χ0n) is 16.7. The third-order valence-corrected chi connectivity index (χ3v) is 7.98. The van der Waals surface area contributed by atoms with Gasteiger partial charge in [-0.3, -0.25) is 0 Å². The number of nitrogens with one attached hydrogen (secondary N) is 1. The van der Waals surface area contributed by atoms with E-state index in [9.17, 15) is 8.42 Å². The molecule has 1 N–H and O–H groups in total. The third kappa shape index (κ3) is 4.35. The molecule has 2 aromatic rings. The van der Waals surface area contributed by atoms with Crippen LogP contribution < -0.4 is 5.32 Å². The zero-order valence-corrected chi connectivity index (χ0v) is 18.3. The van der Waals surface area contributed by atoms with Crippen LogP contribution in [0.5, 0.6) is 0 Å². The molecule has 0 bridgehead atoms. The number of benzene rings is 1. The molecule has 1 saturated heterocycles. The Kier molecular flexibility index (Phi) is 7.31. The van der Waals surface area contributed by atoms with Crippen LogP contribution in [0.3, 0.4) is 0 Å². The van der Waals surface area contributed by atoms with Gasteiger partial charge < -0.3 is 5.32 Å². The smallest absolute Gasteiger partial charge is 0.245 e. The molecule has 154 valence electrons. The highest BCUT2D eigenvalue weighted by molar-refractivity contribution is 7.89. The number of halogens is 1. The van der Waals surface area contributed by atoms with Gasteiger partial charge in [-0.1, -0.05) is 56.3 Å². The van der Waals surface area contributed by atoms with Crippen molar-refractivity contribution >= 4 is 32.4 Å². The summed E-state index contributed by atoms with van der Waals surface area (Å²) >= 11 is 6.19. The Balaban J connectivity index is 1.91. The van der Waals surface area contributed by atoms with E-state index in [4.69, 9.17) is 11.6 Å². The van der Waals surface area contributed by atoms with Crippen LogP contribution in [0.2, 0.25) is 5.15 Å². The Morgan fingerprint density at radius 3 is 2.79 bits per heavy atom. The zero-order chi connectivity index (χ0) is 20.1. The number of nitrogens with zero attached hydrogens (tertiary/aromatic N) is 2. The fraction of sp³-hybridized carbons (Fsp3) is 0.571. The first kappa shape index (κ1) is 21.5. The van der Waals surface area contributed by atoms with Gasteiger partial charge in [0.1, 0.15) is 5.15 Å². The normalized spacial score (nSPS) is 21.2. The van der Waals surface area contributed by atoms with Crippen LogP contribution in [0.15, 0.2) is 35.4 Å². The minimum Gasteiger partial charge on any atom is -0.304 e. The Hall–Kier alpha value is -1.21. The lowest BCUT2D eigenvalue weighted by Gasteiger charge is -2.40. The predicted octanol–water partition coefficient (Wildman–Crippen LogP) is 4.80. The van der Waals surface area contributed by atoms with Crippen molar-refractivity contribution in [3.05, 3.63) is 35.6 Å². The molecule has 0 saturated carbocycles. The van der Waals surface area contributed by atoms with E-state index in [-0.39, 0.29) is 6.17 Å². The number of piperidine rings is 1. The van der Waals surface area contributed by atoms with Gasteiger partial charge >= 0.3 is 0 Å². The van der Waals surface area contributed by atoms with Gasteiger partial charge in [-0.05, 0) is 44.4 Å². The van der Waals surface area contributed by atoms with Crippen molar-refractivity contribution in [3.63, 3.8) is 0 Å². The summed E-state index contributed by atoms with van der Waals surface area (Å²) in [6, 6.07) is 6.95. The maximum absolute atomic E-state index is 13.6. The molecule has 5 nitrogen and oxygen atoms in total. The SMILES string of the molecule is CCCCCCC1CCCN(S(=O)(=O)c2cccc3c(Cl)nccc23)C1NC. The number of hydrogen-bond donors (Lipinski definition) is 1. The first-order valence-corrected chi connectivity index (χ1v) is 12.0. The highest BCUT2D eigenvalue weighted by atomic mass is 35.5.